The number of rotatable bonds is 9. The van der Waals surface area contributed by atoms with Gasteiger partial charge in [-0.1, -0.05) is 60.7 Å². The van der Waals surface area contributed by atoms with Gasteiger partial charge in [0, 0.05) is 79.1 Å². The number of aryl methyl sites for hydroxylation is 3. The SMILES string of the molecule is Cc1sc2c(c1C)C(c1ccc(N3CCN(CC4CCN(c5ccc(C6c7ccc(O)cc7CCC6c6ccccc6)cc5)CC4)CC3)cc1)=N[C@@H](Cc1ncco1)c1nnc(C)n1-2. The van der Waals surface area contributed by atoms with Gasteiger partial charge < -0.3 is 19.3 Å². The summed E-state index contributed by atoms with van der Waals surface area (Å²) in [6, 6.07) is 35.2. The van der Waals surface area contributed by atoms with E-state index < -0.39 is 0 Å². The van der Waals surface area contributed by atoms with Crippen molar-refractivity contribution < 1.29 is 9.52 Å². The molecule has 0 amide bonds. The monoisotopic (exact) mass is 868 g/mol. The number of benzene rings is 4. The van der Waals surface area contributed by atoms with Crippen molar-refractivity contribution >= 4 is 28.4 Å². The number of piperidine rings is 1. The van der Waals surface area contributed by atoms with E-state index in [1.54, 1.807) is 23.8 Å². The number of oxazole rings is 1. The molecule has 0 spiro atoms. The van der Waals surface area contributed by atoms with E-state index in [1.165, 1.54) is 63.5 Å². The van der Waals surface area contributed by atoms with E-state index in [2.05, 4.69) is 133 Å². The number of phenols is 1. The number of nitrogens with zero attached hydrogens (tertiary/aromatic N) is 8. The molecule has 2 fully saturated rings. The molecule has 4 aliphatic rings. The third-order valence-electron chi connectivity index (χ3n) is 14.5. The minimum atomic E-state index is -0.280. The molecule has 1 N–H and O–H groups in total. The van der Waals surface area contributed by atoms with Gasteiger partial charge in [-0.05, 0) is 123 Å². The first-order valence-electron chi connectivity index (χ1n) is 23.1. The van der Waals surface area contributed by atoms with Gasteiger partial charge >= 0.3 is 0 Å². The minimum absolute atomic E-state index is 0.274. The zero-order valence-electron chi connectivity index (χ0n) is 37.0. The normalized spacial score (nSPS) is 20.4. The van der Waals surface area contributed by atoms with Gasteiger partial charge in [0.05, 0.1) is 18.3 Å². The Bertz CT molecular complexity index is 2760. The number of aromatic nitrogens is 4. The number of thiophene rings is 1. The van der Waals surface area contributed by atoms with Crippen molar-refractivity contribution in [2.75, 3.05) is 55.6 Å². The summed E-state index contributed by atoms with van der Waals surface area (Å²) in [7, 11) is 0. The lowest BCUT2D eigenvalue weighted by molar-refractivity contribution is 0.201. The maximum absolute atomic E-state index is 10.3. The van der Waals surface area contributed by atoms with Crippen LogP contribution in [0.2, 0.25) is 0 Å². The Morgan fingerprint density at radius 3 is 2.23 bits per heavy atom. The Morgan fingerprint density at radius 1 is 0.766 bits per heavy atom. The molecule has 64 heavy (non-hydrogen) atoms. The number of aliphatic imine (C=N–C) groups is 1. The highest BCUT2D eigenvalue weighted by Gasteiger charge is 2.34. The topological polar surface area (TPSA) is 99.1 Å². The van der Waals surface area contributed by atoms with Crippen molar-refractivity contribution in [2.45, 2.75) is 70.8 Å². The Hall–Kier alpha value is -6.04. The third-order valence-corrected chi connectivity index (χ3v) is 15.7. The van der Waals surface area contributed by atoms with E-state index in [0.29, 0.717) is 24.0 Å². The molecule has 11 heteroatoms. The largest absolute Gasteiger partial charge is 0.508 e. The van der Waals surface area contributed by atoms with Crippen molar-refractivity contribution in [3.05, 3.63) is 171 Å². The second kappa shape index (κ2) is 17.2. The Kier molecular flexibility index (Phi) is 10.9. The van der Waals surface area contributed by atoms with Crippen molar-refractivity contribution in [3.8, 4) is 10.8 Å². The second-order valence-electron chi connectivity index (χ2n) is 18.3. The van der Waals surface area contributed by atoms with Gasteiger partial charge in [0.15, 0.2) is 11.7 Å². The van der Waals surface area contributed by atoms with Gasteiger partial charge in [-0.3, -0.25) is 14.5 Å². The molecule has 3 aliphatic heterocycles. The summed E-state index contributed by atoms with van der Waals surface area (Å²) in [6.07, 6.45) is 8.34. The van der Waals surface area contributed by atoms with Gasteiger partial charge in [0.1, 0.15) is 28.9 Å². The first kappa shape index (κ1) is 40.7. The molecule has 0 bridgehead atoms. The first-order chi connectivity index (χ1) is 31.3. The van der Waals surface area contributed by atoms with Gasteiger partial charge in [-0.2, -0.15) is 0 Å². The van der Waals surface area contributed by atoms with Crippen LogP contribution in [0.5, 0.6) is 5.75 Å². The number of hydrogen-bond acceptors (Lipinski definition) is 10. The standard InChI is InChI=1S/C53H56N8O2S/c1-34-35(2)64-53-49(34)51(55-47(32-48-54-23-30-63-48)52-57-56-36(3)61(52)53)40-11-16-43(17-12-40)60-28-26-58(27-29-60)33-37-21-24-59(25-22-37)42-14-9-39(10-15-42)50-45(38-7-5-4-6-8-38)19-13-41-31-44(62)18-20-46(41)50/h4-12,14-18,20,23,30-31,37,45,47,50,62H,13,19,21-22,24-29,32-33H2,1-3H3/t45?,47-,50?/m0/s1. The minimum Gasteiger partial charge on any atom is -0.508 e. The molecule has 7 aromatic rings. The van der Waals surface area contributed by atoms with E-state index >= 15 is 0 Å². The molecule has 10 nitrogen and oxygen atoms in total. The Labute approximate surface area is 379 Å². The summed E-state index contributed by atoms with van der Waals surface area (Å²) in [5, 5.41) is 20.5. The van der Waals surface area contributed by atoms with E-state index in [-0.39, 0.29) is 12.0 Å². The van der Waals surface area contributed by atoms with Crippen LogP contribution in [0.25, 0.3) is 5.00 Å². The number of fused-ring (bicyclic) bond motifs is 4. The van der Waals surface area contributed by atoms with Gasteiger partial charge in [-0.15, -0.1) is 21.5 Å². The molecule has 6 heterocycles. The average molecular weight is 869 g/mol. The van der Waals surface area contributed by atoms with Crippen LogP contribution in [-0.4, -0.2) is 81.3 Å². The molecule has 0 saturated carbocycles. The molecule has 1 aliphatic carbocycles. The highest BCUT2D eigenvalue weighted by molar-refractivity contribution is 7.15. The Balaban J connectivity index is 0.717. The molecular formula is C53H56N8O2S. The van der Waals surface area contributed by atoms with Gasteiger partial charge in [-0.25, -0.2) is 4.98 Å². The van der Waals surface area contributed by atoms with Crippen LogP contribution >= 0.6 is 11.3 Å². The lowest BCUT2D eigenvalue weighted by Crippen LogP contribution is -2.49. The van der Waals surface area contributed by atoms with Crippen LogP contribution in [0.15, 0.2) is 119 Å². The van der Waals surface area contributed by atoms with Crippen LogP contribution < -0.4 is 9.80 Å². The fourth-order valence-corrected chi connectivity index (χ4v) is 12.2. The first-order valence-corrected chi connectivity index (χ1v) is 23.9. The highest BCUT2D eigenvalue weighted by atomic mass is 32.1. The zero-order valence-corrected chi connectivity index (χ0v) is 37.8. The molecule has 2 saturated heterocycles. The quantitative estimate of drug-likeness (QED) is 0.153. The van der Waals surface area contributed by atoms with Gasteiger partial charge in [0.25, 0.3) is 0 Å². The van der Waals surface area contributed by atoms with Crippen LogP contribution in [0, 0.1) is 26.7 Å². The van der Waals surface area contributed by atoms with E-state index in [9.17, 15) is 5.11 Å². The maximum Gasteiger partial charge on any atom is 0.196 e. The number of aromatic hydroxyl groups is 1. The fourth-order valence-electron chi connectivity index (χ4n) is 11.0. The fraction of sp³-hybridized carbons (Fsp3) is 0.358. The van der Waals surface area contributed by atoms with Crippen LogP contribution in [0.1, 0.15) is 98.5 Å². The maximum atomic E-state index is 10.3. The van der Waals surface area contributed by atoms with Crippen molar-refractivity contribution in [3.63, 3.8) is 0 Å². The predicted molar refractivity (Wildman–Crippen MR) is 256 cm³/mol. The molecule has 3 aromatic heterocycles. The summed E-state index contributed by atoms with van der Waals surface area (Å²) in [5.74, 6) is 4.10. The van der Waals surface area contributed by atoms with Crippen LogP contribution in [-0.2, 0) is 12.8 Å². The van der Waals surface area contributed by atoms with Crippen molar-refractivity contribution in [2.24, 2.45) is 10.9 Å². The number of hydrogen-bond donors (Lipinski definition) is 1. The van der Waals surface area contributed by atoms with Crippen molar-refractivity contribution in [1.29, 1.82) is 0 Å². The number of phenolic OH excluding ortho intramolecular Hbond substituents is 1. The summed E-state index contributed by atoms with van der Waals surface area (Å²) in [6.45, 7) is 14.0. The van der Waals surface area contributed by atoms with Gasteiger partial charge in [0.2, 0.25) is 0 Å². The van der Waals surface area contributed by atoms with E-state index in [1.807, 2.05) is 19.1 Å². The summed E-state index contributed by atoms with van der Waals surface area (Å²) in [4.78, 5) is 19.0. The lowest BCUT2D eigenvalue weighted by Gasteiger charge is -2.40. The van der Waals surface area contributed by atoms with Crippen LogP contribution in [0.3, 0.4) is 0 Å². The lowest BCUT2D eigenvalue weighted by atomic mass is 9.69. The molecule has 3 atom stereocenters. The third kappa shape index (κ3) is 7.72. The summed E-state index contributed by atoms with van der Waals surface area (Å²) >= 11 is 1.78. The number of piperazine rings is 1. The molecule has 2 unspecified atom stereocenters. The summed E-state index contributed by atoms with van der Waals surface area (Å²) < 4.78 is 7.87. The predicted octanol–water partition coefficient (Wildman–Crippen LogP) is 9.98. The molecule has 326 valence electrons. The summed E-state index contributed by atoms with van der Waals surface area (Å²) in [5.41, 5.74) is 12.5. The highest BCUT2D eigenvalue weighted by Crippen LogP contribution is 2.47. The number of anilines is 2. The molecular weight excluding hydrogens is 813 g/mol. The Morgan fingerprint density at radius 2 is 1.50 bits per heavy atom. The van der Waals surface area contributed by atoms with Crippen LogP contribution in [0.4, 0.5) is 11.4 Å². The molecule has 11 rings (SSSR count). The second-order valence-corrected chi connectivity index (χ2v) is 19.5. The average Bonchev–Trinajstić information content (AvgIpc) is 4.04. The molecule has 0 radical (unpaired) electrons. The molecule has 4 aromatic carbocycles. The smallest absolute Gasteiger partial charge is 0.196 e. The van der Waals surface area contributed by atoms with E-state index in [0.717, 1.165) is 91.5 Å². The zero-order chi connectivity index (χ0) is 43.3. The van der Waals surface area contributed by atoms with E-state index in [4.69, 9.17) is 9.41 Å². The van der Waals surface area contributed by atoms with Crippen molar-refractivity contribution in [1.82, 2.24) is 24.6 Å².